The molecule has 2 aliphatic rings. The van der Waals surface area contributed by atoms with Gasteiger partial charge in [0.1, 0.15) is 0 Å². The van der Waals surface area contributed by atoms with Gasteiger partial charge in [0.05, 0.1) is 16.9 Å². The second-order valence-corrected chi connectivity index (χ2v) is 8.22. The van der Waals surface area contributed by atoms with Crippen molar-refractivity contribution in [2.75, 3.05) is 31.6 Å². The van der Waals surface area contributed by atoms with Crippen molar-refractivity contribution in [2.24, 2.45) is 5.41 Å². The number of rotatable bonds is 2. The van der Waals surface area contributed by atoms with Crippen LogP contribution in [0.2, 0.25) is 0 Å². The van der Waals surface area contributed by atoms with Gasteiger partial charge in [0.25, 0.3) is 0 Å². The van der Waals surface area contributed by atoms with Crippen LogP contribution in [-0.2, 0) is 14.6 Å². The highest BCUT2D eigenvalue weighted by atomic mass is 32.2. The van der Waals surface area contributed by atoms with Crippen molar-refractivity contribution in [3.05, 3.63) is 0 Å². The molecular formula is C12H20N2O5S. The molecular weight excluding hydrogens is 284 g/mol. The van der Waals surface area contributed by atoms with Crippen molar-refractivity contribution in [3.8, 4) is 0 Å². The van der Waals surface area contributed by atoms with Gasteiger partial charge in [-0.25, -0.2) is 13.2 Å². The van der Waals surface area contributed by atoms with Crippen LogP contribution in [0.5, 0.6) is 0 Å². The minimum Gasteiger partial charge on any atom is -0.481 e. The first-order chi connectivity index (χ1) is 9.15. The van der Waals surface area contributed by atoms with Crippen LogP contribution >= 0.6 is 0 Å². The summed E-state index contributed by atoms with van der Waals surface area (Å²) in [4.78, 5) is 26.4. The second kappa shape index (κ2) is 4.91. The van der Waals surface area contributed by atoms with Crippen molar-refractivity contribution in [3.63, 3.8) is 0 Å². The van der Waals surface area contributed by atoms with Crippen molar-refractivity contribution in [1.29, 1.82) is 0 Å². The average molecular weight is 304 g/mol. The summed E-state index contributed by atoms with van der Waals surface area (Å²) in [7, 11) is -1.45. The van der Waals surface area contributed by atoms with Crippen LogP contribution < -0.4 is 0 Å². The lowest BCUT2D eigenvalue weighted by atomic mass is 9.90. The highest BCUT2D eigenvalue weighted by Crippen LogP contribution is 2.31. The smallest absolute Gasteiger partial charge is 0.320 e. The van der Waals surface area contributed by atoms with Gasteiger partial charge in [0.2, 0.25) is 0 Å². The number of carboxylic acids is 1. The van der Waals surface area contributed by atoms with Crippen LogP contribution in [-0.4, -0.2) is 73.0 Å². The number of aliphatic carboxylic acids is 1. The summed E-state index contributed by atoms with van der Waals surface area (Å²) >= 11 is 0. The van der Waals surface area contributed by atoms with E-state index in [-0.39, 0.29) is 30.1 Å². The minimum atomic E-state index is -3.04. The highest BCUT2D eigenvalue weighted by Gasteiger charge is 2.44. The molecule has 2 heterocycles. The number of carbonyl (C=O) groups excluding carboxylic acids is 1. The Balaban J connectivity index is 2.01. The fraction of sp³-hybridized carbons (Fsp3) is 0.833. The Bertz CT molecular complexity index is 532. The van der Waals surface area contributed by atoms with E-state index in [0.29, 0.717) is 19.4 Å². The molecule has 0 aliphatic carbocycles. The molecule has 2 atom stereocenters. The van der Waals surface area contributed by atoms with Gasteiger partial charge in [-0.2, -0.15) is 0 Å². The third-order valence-corrected chi connectivity index (χ3v) is 6.07. The zero-order valence-electron chi connectivity index (χ0n) is 11.7. The molecule has 7 nitrogen and oxygen atoms in total. The lowest BCUT2D eigenvalue weighted by Gasteiger charge is -2.29. The van der Waals surface area contributed by atoms with E-state index in [1.54, 1.807) is 14.0 Å². The fourth-order valence-electron chi connectivity index (χ4n) is 2.76. The lowest BCUT2D eigenvalue weighted by molar-refractivity contribution is -0.147. The van der Waals surface area contributed by atoms with Gasteiger partial charge in [0, 0.05) is 26.2 Å². The van der Waals surface area contributed by atoms with Crippen LogP contribution in [0.1, 0.15) is 19.8 Å². The molecule has 2 saturated heterocycles. The lowest BCUT2D eigenvalue weighted by Crippen LogP contribution is -2.46. The molecule has 2 fully saturated rings. The van der Waals surface area contributed by atoms with E-state index in [1.165, 1.54) is 9.80 Å². The number of carboxylic acid groups (broad SMARTS) is 1. The van der Waals surface area contributed by atoms with E-state index < -0.39 is 21.2 Å². The van der Waals surface area contributed by atoms with Gasteiger partial charge in [-0.15, -0.1) is 0 Å². The number of urea groups is 1. The predicted molar refractivity (Wildman–Crippen MR) is 72.2 cm³/mol. The van der Waals surface area contributed by atoms with E-state index in [2.05, 4.69) is 0 Å². The maximum absolute atomic E-state index is 12.3. The maximum Gasteiger partial charge on any atom is 0.320 e. The van der Waals surface area contributed by atoms with Crippen LogP contribution in [0.15, 0.2) is 0 Å². The Labute approximate surface area is 118 Å². The Hall–Kier alpha value is -1.31. The van der Waals surface area contributed by atoms with Gasteiger partial charge in [-0.1, -0.05) is 0 Å². The number of amides is 2. The summed E-state index contributed by atoms with van der Waals surface area (Å²) in [5, 5.41) is 9.16. The third kappa shape index (κ3) is 2.74. The average Bonchev–Trinajstić information content (AvgIpc) is 2.92. The quantitative estimate of drug-likeness (QED) is 0.776. The van der Waals surface area contributed by atoms with Crippen LogP contribution in [0.25, 0.3) is 0 Å². The first kappa shape index (κ1) is 15.1. The molecule has 0 aromatic heterocycles. The first-order valence-corrected chi connectivity index (χ1v) is 8.42. The van der Waals surface area contributed by atoms with Crippen LogP contribution in [0.3, 0.4) is 0 Å². The van der Waals surface area contributed by atoms with Crippen molar-refractivity contribution < 1.29 is 23.1 Å². The van der Waals surface area contributed by atoms with E-state index in [4.69, 9.17) is 5.11 Å². The predicted octanol–water partition coefficient (Wildman–Crippen LogP) is 0.0219. The fourth-order valence-corrected chi connectivity index (χ4v) is 4.53. The minimum absolute atomic E-state index is 0.000716. The van der Waals surface area contributed by atoms with Gasteiger partial charge >= 0.3 is 12.0 Å². The van der Waals surface area contributed by atoms with E-state index >= 15 is 0 Å². The number of sulfone groups is 1. The first-order valence-electron chi connectivity index (χ1n) is 6.60. The molecule has 0 aromatic rings. The highest BCUT2D eigenvalue weighted by molar-refractivity contribution is 7.91. The molecule has 0 spiro atoms. The van der Waals surface area contributed by atoms with Gasteiger partial charge in [0.15, 0.2) is 9.84 Å². The summed E-state index contributed by atoms with van der Waals surface area (Å²) in [6.07, 6.45) is 0.874. The second-order valence-electron chi connectivity index (χ2n) is 5.99. The Morgan fingerprint density at radius 2 is 2.05 bits per heavy atom. The van der Waals surface area contributed by atoms with Crippen molar-refractivity contribution >= 4 is 21.8 Å². The molecule has 0 saturated carbocycles. The molecule has 0 radical (unpaired) electrons. The Kier molecular flexibility index (Phi) is 3.70. The number of carbonyl (C=O) groups is 2. The molecule has 1 N–H and O–H groups in total. The number of nitrogens with zero attached hydrogens (tertiary/aromatic N) is 2. The zero-order chi connectivity index (χ0) is 15.1. The third-order valence-electron chi connectivity index (χ3n) is 4.32. The monoisotopic (exact) mass is 304 g/mol. The van der Waals surface area contributed by atoms with Gasteiger partial charge in [-0.3, -0.25) is 4.79 Å². The molecule has 2 amide bonds. The largest absolute Gasteiger partial charge is 0.481 e. The summed E-state index contributed by atoms with van der Waals surface area (Å²) in [6.45, 7) is 2.19. The summed E-state index contributed by atoms with van der Waals surface area (Å²) < 4.78 is 22.9. The Morgan fingerprint density at radius 1 is 1.40 bits per heavy atom. The van der Waals surface area contributed by atoms with Crippen molar-refractivity contribution in [2.45, 2.75) is 25.8 Å². The van der Waals surface area contributed by atoms with E-state index in [1.807, 2.05) is 0 Å². The summed E-state index contributed by atoms with van der Waals surface area (Å²) in [5.74, 6) is -0.791. The summed E-state index contributed by atoms with van der Waals surface area (Å²) in [5.41, 5.74) is -0.905. The molecule has 114 valence electrons. The topological polar surface area (TPSA) is 95.0 Å². The van der Waals surface area contributed by atoms with Gasteiger partial charge < -0.3 is 14.9 Å². The standard InChI is InChI=1S/C12H20N2O5S/c1-12(10(15)16)4-5-14(8-12)11(17)13(2)9-3-6-20(18,19)7-9/h9H,3-8H2,1-2H3,(H,15,16). The van der Waals surface area contributed by atoms with E-state index in [0.717, 1.165) is 0 Å². The van der Waals surface area contributed by atoms with Crippen molar-refractivity contribution in [1.82, 2.24) is 9.80 Å². The Morgan fingerprint density at radius 3 is 2.50 bits per heavy atom. The normalized spacial score (nSPS) is 32.3. The molecule has 2 aliphatic heterocycles. The molecule has 0 bridgehead atoms. The van der Waals surface area contributed by atoms with Crippen LogP contribution in [0, 0.1) is 5.41 Å². The number of hydrogen-bond acceptors (Lipinski definition) is 4. The zero-order valence-corrected chi connectivity index (χ0v) is 12.5. The van der Waals surface area contributed by atoms with E-state index in [9.17, 15) is 18.0 Å². The molecule has 8 heteroatoms. The van der Waals surface area contributed by atoms with Crippen LogP contribution in [0.4, 0.5) is 4.79 Å². The SMILES string of the molecule is CN(C(=O)N1CCC(C)(C(=O)O)C1)C1CCS(=O)(=O)C1. The molecule has 20 heavy (non-hydrogen) atoms. The molecule has 2 unspecified atom stereocenters. The molecule has 2 rings (SSSR count). The number of hydrogen-bond donors (Lipinski definition) is 1. The molecule has 0 aromatic carbocycles. The number of likely N-dealkylation sites (tertiary alicyclic amines) is 1. The maximum atomic E-state index is 12.3. The van der Waals surface area contributed by atoms with Gasteiger partial charge in [-0.05, 0) is 19.8 Å². The summed E-state index contributed by atoms with van der Waals surface area (Å²) in [6, 6.07) is -0.582.